The molecular formula is C25H23NO4. The molecule has 30 heavy (non-hydrogen) atoms. The Hall–Kier alpha value is -3.60. The molecule has 5 nitrogen and oxygen atoms in total. The minimum absolute atomic E-state index is 0.0148. The summed E-state index contributed by atoms with van der Waals surface area (Å²) in [6.45, 7) is 0.219. The summed E-state index contributed by atoms with van der Waals surface area (Å²) in [7, 11) is 0. The number of amides is 1. The number of hydrogen-bond donors (Lipinski definition) is 2. The zero-order chi connectivity index (χ0) is 20.9. The predicted octanol–water partition coefficient (Wildman–Crippen LogP) is 4.47. The first kappa shape index (κ1) is 19.7. The van der Waals surface area contributed by atoms with Gasteiger partial charge in [0.25, 0.3) is 0 Å². The van der Waals surface area contributed by atoms with Gasteiger partial charge in [-0.15, -0.1) is 0 Å². The molecule has 0 saturated carbocycles. The van der Waals surface area contributed by atoms with Crippen molar-refractivity contribution < 1.29 is 19.4 Å². The second-order valence-electron chi connectivity index (χ2n) is 7.43. The summed E-state index contributed by atoms with van der Waals surface area (Å²) in [6.07, 6.45) is -0.254. The molecule has 2 N–H and O–H groups in total. The Morgan fingerprint density at radius 2 is 1.43 bits per heavy atom. The van der Waals surface area contributed by atoms with Crippen molar-refractivity contribution in [2.24, 2.45) is 5.92 Å². The molecule has 5 heteroatoms. The van der Waals surface area contributed by atoms with Crippen molar-refractivity contribution in [1.82, 2.24) is 5.32 Å². The van der Waals surface area contributed by atoms with Gasteiger partial charge in [-0.3, -0.25) is 4.79 Å². The van der Waals surface area contributed by atoms with Gasteiger partial charge < -0.3 is 15.2 Å². The number of carbonyl (C=O) groups is 2. The van der Waals surface area contributed by atoms with Crippen molar-refractivity contribution in [3.8, 4) is 11.1 Å². The van der Waals surface area contributed by atoms with Crippen molar-refractivity contribution >= 4 is 12.1 Å². The van der Waals surface area contributed by atoms with Crippen molar-refractivity contribution in [2.75, 3.05) is 13.2 Å². The Morgan fingerprint density at radius 3 is 2.03 bits per heavy atom. The normalized spacial score (nSPS) is 13.2. The van der Waals surface area contributed by atoms with E-state index in [-0.39, 0.29) is 19.1 Å². The quantitative estimate of drug-likeness (QED) is 0.613. The molecule has 3 aromatic rings. The van der Waals surface area contributed by atoms with E-state index in [9.17, 15) is 14.7 Å². The fourth-order valence-corrected chi connectivity index (χ4v) is 4.00. The van der Waals surface area contributed by atoms with Gasteiger partial charge in [0.1, 0.15) is 6.61 Å². The molecule has 0 spiro atoms. The summed E-state index contributed by atoms with van der Waals surface area (Å²) < 4.78 is 5.48. The fourth-order valence-electron chi connectivity index (χ4n) is 4.00. The highest BCUT2D eigenvalue weighted by Gasteiger charge is 2.29. The molecule has 1 unspecified atom stereocenters. The van der Waals surface area contributed by atoms with Crippen LogP contribution in [-0.2, 0) is 16.0 Å². The number of rotatable bonds is 7. The van der Waals surface area contributed by atoms with Gasteiger partial charge in [-0.05, 0) is 34.2 Å². The van der Waals surface area contributed by atoms with Crippen LogP contribution in [0.2, 0.25) is 0 Å². The molecule has 3 aromatic carbocycles. The van der Waals surface area contributed by atoms with Crippen molar-refractivity contribution in [3.63, 3.8) is 0 Å². The van der Waals surface area contributed by atoms with E-state index in [0.29, 0.717) is 6.42 Å². The van der Waals surface area contributed by atoms with E-state index in [0.717, 1.165) is 27.8 Å². The van der Waals surface area contributed by atoms with Crippen LogP contribution in [0.3, 0.4) is 0 Å². The van der Waals surface area contributed by atoms with Gasteiger partial charge in [-0.1, -0.05) is 78.9 Å². The lowest BCUT2D eigenvalue weighted by Gasteiger charge is -2.16. The lowest BCUT2D eigenvalue weighted by Crippen LogP contribution is -2.35. The minimum atomic E-state index is -0.946. The number of alkyl carbamates (subject to hydrolysis) is 1. The molecule has 0 bridgehead atoms. The molecule has 0 radical (unpaired) electrons. The van der Waals surface area contributed by atoms with Crippen LogP contribution in [0.15, 0.2) is 78.9 Å². The lowest BCUT2D eigenvalue weighted by atomic mass is 9.98. The maximum atomic E-state index is 12.3. The van der Waals surface area contributed by atoms with E-state index in [2.05, 4.69) is 29.6 Å². The molecule has 0 fully saturated rings. The number of fused-ring (bicyclic) bond motifs is 3. The number of carboxylic acids is 1. The largest absolute Gasteiger partial charge is 0.481 e. The Balaban J connectivity index is 1.36. The summed E-state index contributed by atoms with van der Waals surface area (Å²) in [4.78, 5) is 23.8. The third kappa shape index (κ3) is 4.20. The second-order valence-corrected chi connectivity index (χ2v) is 7.43. The lowest BCUT2D eigenvalue weighted by molar-refractivity contribution is -0.141. The average Bonchev–Trinajstić information content (AvgIpc) is 3.09. The topological polar surface area (TPSA) is 75.6 Å². The number of carbonyl (C=O) groups excluding carboxylic acids is 1. The first-order chi connectivity index (χ1) is 14.6. The Morgan fingerprint density at radius 1 is 0.867 bits per heavy atom. The molecule has 0 aromatic heterocycles. The second kappa shape index (κ2) is 8.82. The first-order valence-electron chi connectivity index (χ1n) is 9.99. The molecule has 1 aliphatic carbocycles. The Labute approximate surface area is 175 Å². The summed E-state index contributed by atoms with van der Waals surface area (Å²) >= 11 is 0. The van der Waals surface area contributed by atoms with Gasteiger partial charge in [0.2, 0.25) is 0 Å². The van der Waals surface area contributed by atoms with Gasteiger partial charge in [0.05, 0.1) is 5.92 Å². The SMILES string of the molecule is O=C(NCC(Cc1ccccc1)C(=O)O)OCC1c2ccccc2-c2ccccc21. The Kier molecular flexibility index (Phi) is 5.80. The van der Waals surface area contributed by atoms with Crippen molar-refractivity contribution in [3.05, 3.63) is 95.6 Å². The molecular weight excluding hydrogens is 378 g/mol. The number of hydrogen-bond acceptors (Lipinski definition) is 3. The summed E-state index contributed by atoms with van der Waals surface area (Å²) in [6, 6.07) is 25.6. The van der Waals surface area contributed by atoms with Crippen molar-refractivity contribution in [1.29, 1.82) is 0 Å². The predicted molar refractivity (Wildman–Crippen MR) is 114 cm³/mol. The summed E-state index contributed by atoms with van der Waals surface area (Å²) in [5.41, 5.74) is 5.52. The summed E-state index contributed by atoms with van der Waals surface area (Å²) in [5, 5.41) is 12.1. The van der Waals surface area contributed by atoms with Crippen LogP contribution in [0.1, 0.15) is 22.6 Å². The van der Waals surface area contributed by atoms with Gasteiger partial charge >= 0.3 is 12.1 Å². The van der Waals surface area contributed by atoms with Crippen molar-refractivity contribution in [2.45, 2.75) is 12.3 Å². The third-order valence-corrected chi connectivity index (χ3v) is 5.51. The van der Waals surface area contributed by atoms with Crippen LogP contribution in [0, 0.1) is 5.92 Å². The highest BCUT2D eigenvalue weighted by molar-refractivity contribution is 5.79. The van der Waals surface area contributed by atoms with Crippen LogP contribution >= 0.6 is 0 Å². The first-order valence-corrected chi connectivity index (χ1v) is 9.99. The standard InChI is InChI=1S/C25H23NO4/c27-24(28)18(14-17-8-2-1-3-9-17)15-26-25(29)30-16-23-21-12-6-4-10-19(21)20-11-5-7-13-22(20)23/h1-13,18,23H,14-16H2,(H,26,29)(H,27,28). The minimum Gasteiger partial charge on any atom is -0.481 e. The maximum Gasteiger partial charge on any atom is 0.407 e. The zero-order valence-electron chi connectivity index (χ0n) is 16.5. The van der Waals surface area contributed by atoms with Gasteiger partial charge in [-0.25, -0.2) is 4.79 Å². The smallest absolute Gasteiger partial charge is 0.407 e. The van der Waals surface area contributed by atoms with E-state index in [4.69, 9.17) is 4.74 Å². The maximum absolute atomic E-state index is 12.3. The molecule has 0 saturated heterocycles. The van der Waals surface area contributed by atoms with Gasteiger partial charge in [0, 0.05) is 12.5 Å². The molecule has 1 atom stereocenters. The van der Waals surface area contributed by atoms with Crippen LogP contribution in [0.25, 0.3) is 11.1 Å². The number of aliphatic carboxylic acids is 1. The zero-order valence-corrected chi connectivity index (χ0v) is 16.5. The number of nitrogens with one attached hydrogen (secondary N) is 1. The molecule has 0 aliphatic heterocycles. The Bertz CT molecular complexity index is 1000. The molecule has 0 heterocycles. The van der Waals surface area contributed by atoms with Gasteiger partial charge in [-0.2, -0.15) is 0 Å². The van der Waals surface area contributed by atoms with E-state index < -0.39 is 18.0 Å². The number of benzene rings is 3. The van der Waals surface area contributed by atoms with Gasteiger partial charge in [0.15, 0.2) is 0 Å². The monoisotopic (exact) mass is 401 g/mol. The highest BCUT2D eigenvalue weighted by Crippen LogP contribution is 2.44. The summed E-state index contributed by atoms with van der Waals surface area (Å²) in [5.74, 6) is -1.69. The molecule has 152 valence electrons. The number of ether oxygens (including phenoxy) is 1. The molecule has 4 rings (SSSR count). The van der Waals surface area contributed by atoms with E-state index in [1.807, 2.05) is 54.6 Å². The fraction of sp³-hybridized carbons (Fsp3) is 0.200. The third-order valence-electron chi connectivity index (χ3n) is 5.51. The van der Waals surface area contributed by atoms with E-state index >= 15 is 0 Å². The van der Waals surface area contributed by atoms with Crippen LogP contribution in [-0.4, -0.2) is 30.3 Å². The average molecular weight is 401 g/mol. The van der Waals surface area contributed by atoms with Crippen LogP contribution < -0.4 is 5.32 Å². The van der Waals surface area contributed by atoms with Crippen LogP contribution in [0.4, 0.5) is 4.79 Å². The number of carboxylic acid groups (broad SMARTS) is 1. The molecule has 1 aliphatic rings. The van der Waals surface area contributed by atoms with Crippen LogP contribution in [0.5, 0.6) is 0 Å². The van der Waals surface area contributed by atoms with E-state index in [1.165, 1.54) is 0 Å². The van der Waals surface area contributed by atoms with E-state index in [1.54, 1.807) is 0 Å². The molecule has 1 amide bonds. The highest BCUT2D eigenvalue weighted by atomic mass is 16.5.